The van der Waals surface area contributed by atoms with Crippen LogP contribution in [0.25, 0.3) is 0 Å². The molecule has 3 rings (SSSR count). The van der Waals surface area contributed by atoms with E-state index in [0.717, 1.165) is 42.5 Å². The summed E-state index contributed by atoms with van der Waals surface area (Å²) in [6, 6.07) is 26.1. The van der Waals surface area contributed by atoms with E-state index in [4.69, 9.17) is 14.2 Å². The molecule has 4 heteroatoms. The van der Waals surface area contributed by atoms with E-state index in [1.165, 1.54) is 31.2 Å². The summed E-state index contributed by atoms with van der Waals surface area (Å²) in [4.78, 5) is 0. The maximum atomic E-state index is 5.94. The Morgan fingerprint density at radius 2 is 1.25 bits per heavy atom. The molecule has 0 bridgehead atoms. The van der Waals surface area contributed by atoms with Crippen molar-refractivity contribution in [3.8, 4) is 17.2 Å². The van der Waals surface area contributed by atoms with E-state index in [-0.39, 0.29) is 0 Å². The van der Waals surface area contributed by atoms with E-state index in [2.05, 4.69) is 24.4 Å². The van der Waals surface area contributed by atoms with Gasteiger partial charge in [-0.25, -0.2) is 0 Å². The Morgan fingerprint density at radius 1 is 0.594 bits per heavy atom. The standard InChI is InChI=1S/C28H35NO3/c1-2-3-4-5-11-20-30-26-18-16-24(17-19-26)23-29-27-14-9-10-15-28(27)32-22-21-31-25-12-7-6-8-13-25/h6-10,12-19,29H,2-5,11,20-23H2,1H3. The molecule has 0 fully saturated rings. The van der Waals surface area contributed by atoms with Gasteiger partial charge < -0.3 is 19.5 Å². The van der Waals surface area contributed by atoms with Crippen LogP contribution < -0.4 is 19.5 Å². The molecule has 170 valence electrons. The molecule has 0 saturated carbocycles. The number of hydrogen-bond donors (Lipinski definition) is 1. The molecule has 0 aliphatic heterocycles. The molecule has 0 aromatic heterocycles. The molecule has 0 amide bonds. The van der Waals surface area contributed by atoms with Gasteiger partial charge in [-0.2, -0.15) is 0 Å². The van der Waals surface area contributed by atoms with Crippen LogP contribution in [0.1, 0.15) is 44.6 Å². The van der Waals surface area contributed by atoms with E-state index in [9.17, 15) is 0 Å². The van der Waals surface area contributed by atoms with Crippen LogP contribution in [0.5, 0.6) is 17.2 Å². The minimum atomic E-state index is 0.484. The van der Waals surface area contributed by atoms with Gasteiger partial charge in [0.2, 0.25) is 0 Å². The second-order valence-electron chi connectivity index (χ2n) is 7.77. The Balaban J connectivity index is 1.39. The monoisotopic (exact) mass is 433 g/mol. The number of hydrogen-bond acceptors (Lipinski definition) is 4. The van der Waals surface area contributed by atoms with Gasteiger partial charge in [-0.3, -0.25) is 0 Å². The number of unbranched alkanes of at least 4 members (excludes halogenated alkanes) is 4. The van der Waals surface area contributed by atoms with Gasteiger partial charge in [-0.05, 0) is 48.4 Å². The molecule has 0 saturated heterocycles. The summed E-state index contributed by atoms with van der Waals surface area (Å²) in [5.74, 6) is 2.62. The van der Waals surface area contributed by atoms with E-state index in [1.807, 2.05) is 66.7 Å². The fourth-order valence-corrected chi connectivity index (χ4v) is 3.36. The summed E-state index contributed by atoms with van der Waals surface area (Å²) in [5.41, 5.74) is 2.17. The number of ether oxygens (including phenoxy) is 3. The van der Waals surface area contributed by atoms with Crippen LogP contribution >= 0.6 is 0 Å². The van der Waals surface area contributed by atoms with Crippen molar-refractivity contribution < 1.29 is 14.2 Å². The van der Waals surface area contributed by atoms with Crippen molar-refractivity contribution in [1.82, 2.24) is 0 Å². The van der Waals surface area contributed by atoms with E-state index in [1.54, 1.807) is 0 Å². The highest BCUT2D eigenvalue weighted by atomic mass is 16.5. The normalized spacial score (nSPS) is 10.5. The highest BCUT2D eigenvalue weighted by Crippen LogP contribution is 2.25. The van der Waals surface area contributed by atoms with Crippen LogP contribution in [-0.4, -0.2) is 19.8 Å². The highest BCUT2D eigenvalue weighted by molar-refractivity contribution is 5.56. The summed E-state index contributed by atoms with van der Waals surface area (Å²) in [5, 5.41) is 3.47. The maximum Gasteiger partial charge on any atom is 0.142 e. The topological polar surface area (TPSA) is 39.7 Å². The maximum absolute atomic E-state index is 5.94. The molecule has 0 aliphatic rings. The smallest absolute Gasteiger partial charge is 0.142 e. The van der Waals surface area contributed by atoms with Gasteiger partial charge in [0.25, 0.3) is 0 Å². The molecule has 0 radical (unpaired) electrons. The van der Waals surface area contributed by atoms with Gasteiger partial charge in [-0.1, -0.05) is 75.1 Å². The Hall–Kier alpha value is -3.14. The average molecular weight is 434 g/mol. The number of para-hydroxylation sites is 3. The Kier molecular flexibility index (Phi) is 10.3. The van der Waals surface area contributed by atoms with Crippen LogP contribution in [0.4, 0.5) is 5.69 Å². The first kappa shape index (κ1) is 23.5. The van der Waals surface area contributed by atoms with Crippen LogP contribution in [0.3, 0.4) is 0 Å². The minimum Gasteiger partial charge on any atom is -0.494 e. The zero-order valence-corrected chi connectivity index (χ0v) is 19.1. The van der Waals surface area contributed by atoms with Crippen molar-refractivity contribution in [1.29, 1.82) is 0 Å². The lowest BCUT2D eigenvalue weighted by molar-refractivity contribution is 0.218. The first-order valence-corrected chi connectivity index (χ1v) is 11.7. The summed E-state index contributed by atoms with van der Waals surface area (Å²) in [6.45, 7) is 4.73. The second-order valence-corrected chi connectivity index (χ2v) is 7.77. The van der Waals surface area contributed by atoms with Crippen molar-refractivity contribution in [3.63, 3.8) is 0 Å². The van der Waals surface area contributed by atoms with E-state index < -0.39 is 0 Å². The molecule has 1 N–H and O–H groups in total. The molecule has 0 aliphatic carbocycles. The molecular formula is C28H35NO3. The van der Waals surface area contributed by atoms with Crippen molar-refractivity contribution in [2.24, 2.45) is 0 Å². The third-order valence-electron chi connectivity index (χ3n) is 5.16. The molecule has 3 aromatic rings. The quantitative estimate of drug-likeness (QED) is 0.259. The Labute approximate surface area is 192 Å². The predicted octanol–water partition coefficient (Wildman–Crippen LogP) is 7.11. The van der Waals surface area contributed by atoms with Gasteiger partial charge in [0, 0.05) is 6.54 Å². The van der Waals surface area contributed by atoms with Crippen LogP contribution in [0.2, 0.25) is 0 Å². The first-order chi connectivity index (χ1) is 15.8. The molecule has 0 unspecified atom stereocenters. The lowest BCUT2D eigenvalue weighted by Gasteiger charge is -2.14. The van der Waals surface area contributed by atoms with Crippen molar-refractivity contribution in [3.05, 3.63) is 84.4 Å². The first-order valence-electron chi connectivity index (χ1n) is 11.7. The average Bonchev–Trinajstić information content (AvgIpc) is 2.85. The fraction of sp³-hybridized carbons (Fsp3) is 0.357. The third kappa shape index (κ3) is 8.54. The summed E-state index contributed by atoms with van der Waals surface area (Å²) >= 11 is 0. The lowest BCUT2D eigenvalue weighted by atomic mass is 10.2. The molecular weight excluding hydrogens is 398 g/mol. The zero-order chi connectivity index (χ0) is 22.3. The number of benzene rings is 3. The summed E-state index contributed by atoms with van der Waals surface area (Å²) in [7, 11) is 0. The second kappa shape index (κ2) is 14.0. The molecule has 0 heterocycles. The van der Waals surface area contributed by atoms with Gasteiger partial charge >= 0.3 is 0 Å². The molecule has 4 nitrogen and oxygen atoms in total. The number of anilines is 1. The lowest BCUT2D eigenvalue weighted by Crippen LogP contribution is -2.10. The Bertz CT molecular complexity index is 881. The summed E-state index contributed by atoms with van der Waals surface area (Å²) in [6.07, 6.45) is 6.26. The molecule has 32 heavy (non-hydrogen) atoms. The van der Waals surface area contributed by atoms with Gasteiger partial charge in [-0.15, -0.1) is 0 Å². The van der Waals surface area contributed by atoms with Gasteiger partial charge in [0.1, 0.15) is 30.5 Å². The third-order valence-corrected chi connectivity index (χ3v) is 5.16. The van der Waals surface area contributed by atoms with Crippen LogP contribution in [0, 0.1) is 0 Å². The van der Waals surface area contributed by atoms with Crippen LogP contribution in [-0.2, 0) is 6.54 Å². The molecule has 3 aromatic carbocycles. The minimum absolute atomic E-state index is 0.484. The molecule has 0 atom stereocenters. The summed E-state index contributed by atoms with van der Waals surface area (Å²) < 4.78 is 17.5. The van der Waals surface area contributed by atoms with Crippen molar-refractivity contribution in [2.45, 2.75) is 45.6 Å². The Morgan fingerprint density at radius 3 is 2.06 bits per heavy atom. The fourth-order valence-electron chi connectivity index (χ4n) is 3.36. The largest absolute Gasteiger partial charge is 0.494 e. The van der Waals surface area contributed by atoms with Crippen molar-refractivity contribution >= 4 is 5.69 Å². The molecule has 0 spiro atoms. The van der Waals surface area contributed by atoms with Crippen LogP contribution in [0.15, 0.2) is 78.9 Å². The number of rotatable bonds is 15. The number of nitrogens with one attached hydrogen (secondary N) is 1. The van der Waals surface area contributed by atoms with Gasteiger partial charge in [0.05, 0.1) is 12.3 Å². The van der Waals surface area contributed by atoms with E-state index >= 15 is 0 Å². The zero-order valence-electron chi connectivity index (χ0n) is 19.1. The van der Waals surface area contributed by atoms with Gasteiger partial charge in [0.15, 0.2) is 0 Å². The SMILES string of the molecule is CCCCCCCOc1ccc(CNc2ccccc2OCCOc2ccccc2)cc1. The van der Waals surface area contributed by atoms with Crippen molar-refractivity contribution in [2.75, 3.05) is 25.1 Å². The van der Waals surface area contributed by atoms with E-state index in [0.29, 0.717) is 13.2 Å². The predicted molar refractivity (Wildman–Crippen MR) is 132 cm³/mol. The highest BCUT2D eigenvalue weighted by Gasteiger charge is 2.04.